The quantitative estimate of drug-likeness (QED) is 0.711. The number of anilines is 1. The molecule has 1 aromatic carbocycles. The maximum Gasteiger partial charge on any atom is 0.256 e. The number of carbonyl (C=O) groups excluding carboxylic acids is 1. The number of hydrogen-bond acceptors (Lipinski definition) is 3. The van der Waals surface area contributed by atoms with Crippen molar-refractivity contribution in [3.8, 4) is 5.75 Å². The first-order chi connectivity index (χ1) is 7.60. The molecule has 1 aliphatic carbocycles. The van der Waals surface area contributed by atoms with Gasteiger partial charge < -0.3 is 15.5 Å². The largest absolute Gasteiger partial charge is 0.508 e. The van der Waals surface area contributed by atoms with E-state index >= 15 is 0 Å². The fraction of sp³-hybridized carbons (Fsp3) is 0.417. The molecule has 0 unspecified atom stereocenters. The Kier molecular flexibility index (Phi) is 2.83. The highest BCUT2D eigenvalue weighted by molar-refractivity contribution is 5.97. The maximum absolute atomic E-state index is 11.8. The van der Waals surface area contributed by atoms with Crippen molar-refractivity contribution in [1.82, 2.24) is 0 Å². The summed E-state index contributed by atoms with van der Waals surface area (Å²) in [4.78, 5) is 11.8. The predicted octanol–water partition coefficient (Wildman–Crippen LogP) is 1.64. The number of benzene rings is 1. The second-order valence-corrected chi connectivity index (χ2v) is 4.24. The van der Waals surface area contributed by atoms with E-state index in [1.165, 1.54) is 12.1 Å². The highest BCUT2D eigenvalue weighted by atomic mass is 16.3. The molecule has 4 nitrogen and oxygen atoms in total. The number of phenolic OH excluding ortho intramolecular Hbond substituents is 1. The summed E-state index contributed by atoms with van der Waals surface area (Å²) in [5.74, 6) is -0.285. The van der Waals surface area contributed by atoms with Gasteiger partial charge >= 0.3 is 0 Å². The van der Waals surface area contributed by atoms with E-state index in [-0.39, 0.29) is 11.7 Å². The van der Waals surface area contributed by atoms with Crippen LogP contribution in [0, 0.1) is 0 Å². The van der Waals surface area contributed by atoms with Crippen molar-refractivity contribution in [2.75, 3.05) is 5.32 Å². The summed E-state index contributed by atoms with van der Waals surface area (Å²) in [5, 5.41) is 21.9. The SMILES string of the molecule is O=C(Nc1cccc(O)c1)C1(O)CCCC1. The summed E-state index contributed by atoms with van der Waals surface area (Å²) in [5.41, 5.74) is -0.726. The molecule has 1 saturated carbocycles. The Balaban J connectivity index is 2.07. The van der Waals surface area contributed by atoms with Crippen molar-refractivity contribution in [1.29, 1.82) is 0 Å². The first kappa shape index (κ1) is 11.0. The van der Waals surface area contributed by atoms with Crippen molar-refractivity contribution in [2.24, 2.45) is 0 Å². The van der Waals surface area contributed by atoms with Gasteiger partial charge in [0.05, 0.1) is 0 Å². The Morgan fingerprint density at radius 3 is 2.62 bits per heavy atom. The highest BCUT2D eigenvalue weighted by Crippen LogP contribution is 2.30. The van der Waals surface area contributed by atoms with Crippen molar-refractivity contribution in [3.05, 3.63) is 24.3 Å². The molecule has 0 bridgehead atoms. The molecule has 3 N–H and O–H groups in total. The zero-order chi connectivity index (χ0) is 11.6. The lowest BCUT2D eigenvalue weighted by atomic mass is 10.0. The standard InChI is InChI=1S/C12H15NO3/c14-10-5-3-4-9(8-10)13-11(15)12(16)6-1-2-7-12/h3-5,8,14,16H,1-2,6-7H2,(H,13,15). The minimum absolute atomic E-state index is 0.0937. The average molecular weight is 221 g/mol. The number of rotatable bonds is 2. The van der Waals surface area contributed by atoms with Gasteiger partial charge in [0.25, 0.3) is 5.91 Å². The van der Waals surface area contributed by atoms with Gasteiger partial charge in [-0.2, -0.15) is 0 Å². The first-order valence-corrected chi connectivity index (χ1v) is 5.43. The Hall–Kier alpha value is -1.55. The van der Waals surface area contributed by atoms with Gasteiger partial charge in [-0.1, -0.05) is 6.07 Å². The van der Waals surface area contributed by atoms with Crippen LogP contribution in [0.25, 0.3) is 0 Å². The van der Waals surface area contributed by atoms with Gasteiger partial charge in [-0.25, -0.2) is 0 Å². The molecule has 0 atom stereocenters. The third kappa shape index (κ3) is 2.17. The molecule has 86 valence electrons. The van der Waals surface area contributed by atoms with Gasteiger partial charge in [-0.05, 0) is 37.8 Å². The second-order valence-electron chi connectivity index (χ2n) is 4.24. The molecular formula is C12H15NO3. The molecule has 1 amide bonds. The van der Waals surface area contributed by atoms with Gasteiger partial charge in [0.2, 0.25) is 0 Å². The van der Waals surface area contributed by atoms with Crippen LogP contribution in [0.3, 0.4) is 0 Å². The number of amides is 1. The molecule has 0 saturated heterocycles. The number of hydrogen-bond donors (Lipinski definition) is 3. The smallest absolute Gasteiger partial charge is 0.256 e. The summed E-state index contributed by atoms with van der Waals surface area (Å²) in [6.45, 7) is 0. The van der Waals surface area contributed by atoms with E-state index < -0.39 is 5.60 Å². The van der Waals surface area contributed by atoms with Crippen molar-refractivity contribution in [2.45, 2.75) is 31.3 Å². The van der Waals surface area contributed by atoms with E-state index in [4.69, 9.17) is 0 Å². The van der Waals surface area contributed by atoms with E-state index in [9.17, 15) is 15.0 Å². The number of aromatic hydroxyl groups is 1. The van der Waals surface area contributed by atoms with Crippen LogP contribution in [0.15, 0.2) is 24.3 Å². The lowest BCUT2D eigenvalue weighted by molar-refractivity contribution is -0.133. The van der Waals surface area contributed by atoms with E-state index in [2.05, 4.69) is 5.32 Å². The van der Waals surface area contributed by atoms with Crippen LogP contribution >= 0.6 is 0 Å². The zero-order valence-corrected chi connectivity index (χ0v) is 8.94. The van der Waals surface area contributed by atoms with Crippen LogP contribution in [-0.2, 0) is 4.79 Å². The number of phenols is 1. The lowest BCUT2D eigenvalue weighted by Crippen LogP contribution is -2.40. The number of aliphatic hydroxyl groups is 1. The molecule has 0 spiro atoms. The third-order valence-corrected chi connectivity index (χ3v) is 2.96. The van der Waals surface area contributed by atoms with Crippen LogP contribution in [0.5, 0.6) is 5.75 Å². The summed E-state index contributed by atoms with van der Waals surface area (Å²) < 4.78 is 0. The minimum atomic E-state index is -1.23. The summed E-state index contributed by atoms with van der Waals surface area (Å²) in [6.07, 6.45) is 2.78. The molecule has 0 heterocycles. The summed E-state index contributed by atoms with van der Waals surface area (Å²) >= 11 is 0. The Labute approximate surface area is 93.9 Å². The number of carbonyl (C=O) groups is 1. The minimum Gasteiger partial charge on any atom is -0.508 e. The van der Waals surface area contributed by atoms with E-state index in [0.717, 1.165) is 12.8 Å². The predicted molar refractivity (Wildman–Crippen MR) is 60.2 cm³/mol. The topological polar surface area (TPSA) is 69.6 Å². The molecule has 4 heteroatoms. The molecular weight excluding hydrogens is 206 g/mol. The molecule has 0 radical (unpaired) electrons. The molecule has 0 aromatic heterocycles. The molecule has 0 aliphatic heterocycles. The van der Waals surface area contributed by atoms with Gasteiger partial charge in [0.1, 0.15) is 11.4 Å². The van der Waals surface area contributed by atoms with Gasteiger partial charge in [-0.3, -0.25) is 4.79 Å². The van der Waals surface area contributed by atoms with E-state index in [1.807, 2.05) is 0 Å². The molecule has 1 aromatic rings. The average Bonchev–Trinajstić information content (AvgIpc) is 2.66. The first-order valence-electron chi connectivity index (χ1n) is 5.43. The molecule has 2 rings (SSSR count). The van der Waals surface area contributed by atoms with Crippen LogP contribution in [0.4, 0.5) is 5.69 Å². The highest BCUT2D eigenvalue weighted by Gasteiger charge is 2.38. The third-order valence-electron chi connectivity index (χ3n) is 2.96. The van der Waals surface area contributed by atoms with Crippen LogP contribution in [-0.4, -0.2) is 21.7 Å². The van der Waals surface area contributed by atoms with Crippen molar-refractivity contribution < 1.29 is 15.0 Å². The Morgan fingerprint density at radius 2 is 2.00 bits per heavy atom. The van der Waals surface area contributed by atoms with Crippen LogP contribution in [0.1, 0.15) is 25.7 Å². The summed E-state index contributed by atoms with van der Waals surface area (Å²) in [6, 6.07) is 6.30. The monoisotopic (exact) mass is 221 g/mol. The second kappa shape index (κ2) is 4.14. The number of nitrogens with one attached hydrogen (secondary N) is 1. The summed E-state index contributed by atoms with van der Waals surface area (Å²) in [7, 11) is 0. The normalized spacial score (nSPS) is 18.3. The van der Waals surface area contributed by atoms with Gasteiger partial charge in [0.15, 0.2) is 0 Å². The van der Waals surface area contributed by atoms with Crippen LogP contribution < -0.4 is 5.32 Å². The van der Waals surface area contributed by atoms with Gasteiger partial charge in [-0.15, -0.1) is 0 Å². The fourth-order valence-electron chi connectivity index (χ4n) is 2.02. The van der Waals surface area contributed by atoms with E-state index in [1.54, 1.807) is 12.1 Å². The molecule has 1 fully saturated rings. The fourth-order valence-corrected chi connectivity index (χ4v) is 2.02. The van der Waals surface area contributed by atoms with Gasteiger partial charge in [0, 0.05) is 11.8 Å². The van der Waals surface area contributed by atoms with Crippen LogP contribution in [0.2, 0.25) is 0 Å². The lowest BCUT2D eigenvalue weighted by Gasteiger charge is -2.20. The Morgan fingerprint density at radius 1 is 1.31 bits per heavy atom. The van der Waals surface area contributed by atoms with E-state index in [0.29, 0.717) is 18.5 Å². The van der Waals surface area contributed by atoms with Crippen molar-refractivity contribution >= 4 is 11.6 Å². The zero-order valence-electron chi connectivity index (χ0n) is 8.94. The Bertz CT molecular complexity index is 397. The molecule has 1 aliphatic rings. The maximum atomic E-state index is 11.8. The van der Waals surface area contributed by atoms with Crippen molar-refractivity contribution in [3.63, 3.8) is 0 Å². The molecule has 16 heavy (non-hydrogen) atoms.